The summed E-state index contributed by atoms with van der Waals surface area (Å²) in [5, 5.41) is 6.60. The number of alkyl halides is 2. The molecule has 2 aromatic heterocycles. The molecule has 15 heteroatoms. The van der Waals surface area contributed by atoms with Crippen LogP contribution in [0.25, 0.3) is 5.57 Å². The average molecular weight is 654 g/mol. The Morgan fingerprint density at radius 2 is 1.93 bits per heavy atom. The van der Waals surface area contributed by atoms with E-state index in [9.17, 15) is 21.6 Å². The molecule has 0 bridgehead atoms. The van der Waals surface area contributed by atoms with Crippen molar-refractivity contribution in [3.63, 3.8) is 0 Å². The standard InChI is InChI=1S/C27H21Cl2F3N6O2S2/c1-14-2-5-18(28)22(10-14)42(39,40)36-16-12-21-23(20-6-8-38(35-20)27(31)32)24(17-4-3-15(30)11-19(17)29)34-25(37(21)13-16)26-33-7-9-41-26/h2-11,16,24,27,36H,12-13H2,1H3/t16-,24-/m0/s1. The number of amidine groups is 1. The molecule has 1 fully saturated rings. The third-order valence-corrected chi connectivity index (χ3v) is 10.0. The Morgan fingerprint density at radius 3 is 2.62 bits per heavy atom. The maximum absolute atomic E-state index is 14.0. The van der Waals surface area contributed by atoms with Crippen molar-refractivity contribution in [3.8, 4) is 0 Å². The van der Waals surface area contributed by atoms with Crippen molar-refractivity contribution in [2.45, 2.75) is 36.9 Å². The first-order valence-electron chi connectivity index (χ1n) is 12.6. The van der Waals surface area contributed by atoms with Gasteiger partial charge in [0.05, 0.1) is 10.7 Å². The number of benzene rings is 2. The molecule has 8 nitrogen and oxygen atoms in total. The van der Waals surface area contributed by atoms with Gasteiger partial charge in [0.1, 0.15) is 16.8 Å². The highest BCUT2D eigenvalue weighted by Gasteiger charge is 2.42. The van der Waals surface area contributed by atoms with Crippen molar-refractivity contribution in [3.05, 3.63) is 104 Å². The largest absolute Gasteiger partial charge is 0.333 e. The molecule has 42 heavy (non-hydrogen) atoms. The van der Waals surface area contributed by atoms with Gasteiger partial charge >= 0.3 is 6.55 Å². The van der Waals surface area contributed by atoms with Crippen molar-refractivity contribution >= 4 is 56.0 Å². The molecule has 6 rings (SSSR count). The average Bonchev–Trinajstić information content (AvgIpc) is 3.70. The molecule has 0 amide bonds. The van der Waals surface area contributed by atoms with Gasteiger partial charge < -0.3 is 4.90 Å². The molecule has 2 aromatic carbocycles. The Morgan fingerprint density at radius 1 is 1.12 bits per heavy atom. The second kappa shape index (κ2) is 11.1. The minimum absolute atomic E-state index is 0.0521. The van der Waals surface area contributed by atoms with Crippen LogP contribution in [0.5, 0.6) is 0 Å². The number of rotatable bonds is 7. The summed E-state index contributed by atoms with van der Waals surface area (Å²) in [5.41, 5.74) is 2.39. The summed E-state index contributed by atoms with van der Waals surface area (Å²) in [7, 11) is -4.04. The van der Waals surface area contributed by atoms with E-state index in [0.29, 0.717) is 32.4 Å². The van der Waals surface area contributed by atoms with E-state index in [2.05, 4.69) is 14.8 Å². The molecule has 2 atom stereocenters. The number of aliphatic imine (C=N–C) groups is 1. The first-order chi connectivity index (χ1) is 20.0. The molecule has 218 valence electrons. The van der Waals surface area contributed by atoms with E-state index < -0.39 is 34.5 Å². The van der Waals surface area contributed by atoms with Crippen molar-refractivity contribution < 1.29 is 21.6 Å². The van der Waals surface area contributed by atoms with Crippen molar-refractivity contribution in [1.29, 1.82) is 0 Å². The molecule has 2 aliphatic heterocycles. The van der Waals surface area contributed by atoms with Gasteiger partial charge in [-0.15, -0.1) is 11.3 Å². The molecule has 4 heterocycles. The predicted octanol–water partition coefficient (Wildman–Crippen LogP) is 6.45. The van der Waals surface area contributed by atoms with Crippen molar-refractivity contribution in [2.75, 3.05) is 6.54 Å². The highest BCUT2D eigenvalue weighted by molar-refractivity contribution is 7.89. The smallest absolute Gasteiger partial charge is 0.326 e. The van der Waals surface area contributed by atoms with Gasteiger partial charge in [0, 0.05) is 58.6 Å². The normalized spacial score (nSPS) is 19.0. The topological polar surface area (TPSA) is 92.5 Å². The van der Waals surface area contributed by atoms with Crippen LogP contribution >= 0.6 is 34.5 Å². The molecule has 4 aromatic rings. The summed E-state index contributed by atoms with van der Waals surface area (Å²) in [6.07, 6.45) is 2.93. The number of aryl methyl sites for hydroxylation is 1. The van der Waals surface area contributed by atoms with Gasteiger partial charge in [-0.3, -0.25) is 4.99 Å². The number of aromatic nitrogens is 3. The summed E-state index contributed by atoms with van der Waals surface area (Å²) in [6, 6.07) is 8.52. The van der Waals surface area contributed by atoms with Crippen LogP contribution in [-0.2, 0) is 10.0 Å². The lowest BCUT2D eigenvalue weighted by Crippen LogP contribution is -2.39. The van der Waals surface area contributed by atoms with Gasteiger partial charge in [-0.05, 0) is 42.8 Å². The molecule has 0 aliphatic carbocycles. The molecule has 1 N–H and O–H groups in total. The Bertz CT molecular complexity index is 1840. The number of hydrogen-bond acceptors (Lipinski definition) is 7. The van der Waals surface area contributed by atoms with E-state index in [-0.39, 0.29) is 33.6 Å². The van der Waals surface area contributed by atoms with Crippen LogP contribution in [0.15, 0.2) is 75.8 Å². The molecular weight excluding hydrogens is 632 g/mol. The van der Waals surface area contributed by atoms with Crippen molar-refractivity contribution in [1.82, 2.24) is 24.4 Å². The first-order valence-corrected chi connectivity index (χ1v) is 15.7. The summed E-state index contributed by atoms with van der Waals surface area (Å²) < 4.78 is 71.3. The quantitative estimate of drug-likeness (QED) is 0.248. The Labute approximate surface area is 253 Å². The highest BCUT2D eigenvalue weighted by atomic mass is 35.5. The maximum atomic E-state index is 14.0. The summed E-state index contributed by atoms with van der Waals surface area (Å²) in [4.78, 5) is 11.1. The zero-order chi connectivity index (χ0) is 29.8. The highest BCUT2D eigenvalue weighted by Crippen LogP contribution is 2.46. The third-order valence-electron chi connectivity index (χ3n) is 6.92. The minimum Gasteiger partial charge on any atom is -0.326 e. The van der Waals surface area contributed by atoms with Gasteiger partial charge in [0.25, 0.3) is 0 Å². The molecular formula is C27H21Cl2F3N6O2S2. The van der Waals surface area contributed by atoms with E-state index >= 15 is 0 Å². The van der Waals surface area contributed by atoms with Crippen LogP contribution in [-0.4, -0.2) is 46.5 Å². The zero-order valence-corrected chi connectivity index (χ0v) is 24.8. The number of thiazole rings is 1. The van der Waals surface area contributed by atoms with Gasteiger partial charge in [-0.2, -0.15) is 13.9 Å². The number of sulfonamides is 1. The number of fused-ring (bicyclic) bond motifs is 1. The van der Waals surface area contributed by atoms with Crippen LogP contribution in [0, 0.1) is 12.7 Å². The number of hydrogen-bond donors (Lipinski definition) is 1. The molecule has 0 unspecified atom stereocenters. The second-order valence-electron chi connectivity index (χ2n) is 9.74. The summed E-state index contributed by atoms with van der Waals surface area (Å²) in [6.45, 7) is -0.953. The van der Waals surface area contributed by atoms with Crippen LogP contribution in [0.4, 0.5) is 13.2 Å². The predicted molar refractivity (Wildman–Crippen MR) is 155 cm³/mol. The van der Waals surface area contributed by atoms with Crippen LogP contribution in [0.2, 0.25) is 10.0 Å². The van der Waals surface area contributed by atoms with E-state index in [1.54, 1.807) is 24.6 Å². The van der Waals surface area contributed by atoms with Gasteiger partial charge in [0.15, 0.2) is 10.8 Å². The minimum atomic E-state index is -4.04. The SMILES string of the molecule is Cc1ccc(Cl)c(S(=O)(=O)N[C@H]2CC3=C(c4ccn(C(F)F)n4)[C@H](c4ccc(F)cc4Cl)N=C(c4nccs4)N3C2)c1. The summed E-state index contributed by atoms with van der Waals surface area (Å²) >= 11 is 14.1. The van der Waals surface area contributed by atoms with Crippen molar-refractivity contribution in [2.24, 2.45) is 4.99 Å². The fourth-order valence-corrected chi connectivity index (χ4v) is 7.86. The molecule has 1 saturated heterocycles. The van der Waals surface area contributed by atoms with E-state index in [0.717, 1.165) is 17.8 Å². The maximum Gasteiger partial charge on any atom is 0.333 e. The van der Waals surface area contributed by atoms with Crippen LogP contribution < -0.4 is 4.72 Å². The van der Waals surface area contributed by atoms with E-state index in [1.165, 1.54) is 41.7 Å². The third kappa shape index (κ3) is 5.35. The van der Waals surface area contributed by atoms with Crippen LogP contribution in [0.3, 0.4) is 0 Å². The first kappa shape index (κ1) is 28.9. The second-order valence-corrected chi connectivity index (χ2v) is 13.1. The van der Waals surface area contributed by atoms with Crippen LogP contribution in [0.1, 0.15) is 40.8 Å². The Balaban J connectivity index is 1.49. The lowest BCUT2D eigenvalue weighted by Gasteiger charge is -2.32. The summed E-state index contributed by atoms with van der Waals surface area (Å²) in [5.74, 6) is -0.107. The fourth-order valence-electron chi connectivity index (χ4n) is 5.13. The van der Waals surface area contributed by atoms with E-state index in [1.807, 2.05) is 4.90 Å². The number of nitrogens with one attached hydrogen (secondary N) is 1. The molecule has 0 saturated carbocycles. The number of nitrogens with zero attached hydrogens (tertiary/aromatic N) is 5. The fraction of sp³-hybridized carbons (Fsp3) is 0.222. The molecule has 2 aliphatic rings. The lowest BCUT2D eigenvalue weighted by atomic mass is 9.92. The van der Waals surface area contributed by atoms with Gasteiger partial charge in [-0.1, -0.05) is 35.3 Å². The Hall–Kier alpha value is -3.23. The lowest BCUT2D eigenvalue weighted by molar-refractivity contribution is 0.0564. The zero-order valence-electron chi connectivity index (χ0n) is 21.7. The molecule has 0 radical (unpaired) electrons. The Kier molecular flexibility index (Phi) is 7.64. The monoisotopic (exact) mass is 652 g/mol. The molecule has 0 spiro atoms. The van der Waals surface area contributed by atoms with Gasteiger partial charge in [-0.25, -0.2) is 27.2 Å². The van der Waals surface area contributed by atoms with E-state index in [4.69, 9.17) is 28.2 Å². The number of halogens is 5. The van der Waals surface area contributed by atoms with Gasteiger partial charge in [0.2, 0.25) is 10.0 Å².